The van der Waals surface area contributed by atoms with Crippen molar-refractivity contribution in [2.75, 3.05) is 21.7 Å². The number of aliphatic hydroxyl groups is 2. The highest BCUT2D eigenvalue weighted by atomic mass is 127. The zero-order valence-electron chi connectivity index (χ0n) is 26.5. The van der Waals surface area contributed by atoms with Crippen LogP contribution in [0.2, 0.25) is 0 Å². The Morgan fingerprint density at radius 2 is 1.64 bits per heavy atom. The molecule has 0 bridgehead atoms. The van der Waals surface area contributed by atoms with Crippen LogP contribution in [0.1, 0.15) is 66.7 Å². The Morgan fingerprint density at radius 1 is 0.886 bits per heavy atom. The lowest BCUT2D eigenvalue weighted by Gasteiger charge is -2.33. The van der Waals surface area contributed by atoms with Crippen molar-refractivity contribution in [1.29, 1.82) is 0 Å². The molecule has 44 heavy (non-hydrogen) atoms. The number of aliphatic hydroxyl groups excluding tert-OH is 2. The maximum Gasteiger partial charge on any atom is 0.426 e. The third-order valence-corrected chi connectivity index (χ3v) is 10.5. The van der Waals surface area contributed by atoms with Gasteiger partial charge in [0.2, 0.25) is 0 Å². The number of rotatable bonds is 15. The number of ether oxygens (including phenoxy) is 1. The van der Waals surface area contributed by atoms with E-state index in [-0.39, 0.29) is 22.9 Å². The normalized spacial score (nSPS) is 27.3. The zero-order valence-corrected chi connectivity index (χ0v) is 30.3. The van der Waals surface area contributed by atoms with E-state index in [0.29, 0.717) is 19.3 Å². The summed E-state index contributed by atoms with van der Waals surface area (Å²) in [5, 5.41) is 23.3. The van der Waals surface area contributed by atoms with Gasteiger partial charge in [0.15, 0.2) is 0 Å². The Bertz CT molecular complexity index is 1310. The van der Waals surface area contributed by atoms with Crippen molar-refractivity contribution in [2.24, 2.45) is 16.2 Å². The molecule has 0 radical (unpaired) electrons. The summed E-state index contributed by atoms with van der Waals surface area (Å²) in [7, 11) is 0. The van der Waals surface area contributed by atoms with Crippen LogP contribution in [0.15, 0.2) is 106 Å². The monoisotopic (exact) mass is 756 g/mol. The summed E-state index contributed by atoms with van der Waals surface area (Å²) in [4.78, 5) is 0. The molecule has 0 aromatic rings. The summed E-state index contributed by atoms with van der Waals surface area (Å²) in [6, 6.07) is 0. The van der Waals surface area contributed by atoms with Crippen LogP contribution in [0.25, 0.3) is 0 Å². The van der Waals surface area contributed by atoms with Crippen molar-refractivity contribution in [3.8, 4) is 0 Å². The van der Waals surface area contributed by atoms with E-state index in [1.807, 2.05) is 31.7 Å². The summed E-state index contributed by atoms with van der Waals surface area (Å²) in [6.45, 7) is 10.2. The fraction of sp³-hybridized carbons (Fsp3) is 0.500. The molecule has 0 aliphatic heterocycles. The average molecular weight is 757 g/mol. The van der Waals surface area contributed by atoms with Crippen molar-refractivity contribution < 1.29 is 23.7 Å². The molecule has 0 saturated heterocycles. The number of hydrogen-bond donors (Lipinski definition) is 2. The van der Waals surface area contributed by atoms with E-state index < -0.39 is 22.4 Å². The Balaban J connectivity index is 2.07. The highest BCUT2D eigenvalue weighted by molar-refractivity contribution is 14.1. The fourth-order valence-corrected chi connectivity index (χ4v) is 7.28. The van der Waals surface area contributed by atoms with Crippen LogP contribution in [-0.4, -0.2) is 38.0 Å². The zero-order chi connectivity index (χ0) is 32.4. The minimum absolute atomic E-state index is 0.0170. The highest BCUT2D eigenvalue weighted by Crippen LogP contribution is 2.49. The smallest absolute Gasteiger partial charge is 0.426 e. The van der Waals surface area contributed by atoms with Gasteiger partial charge in [-0.2, -0.15) is 20.5 Å². The number of thioether (sulfide) groups is 2. The standard InChI is InChI=1S/C36H47F2IO3S2/c1-6-43-19-9-16-34(4)24-30(41)21-27-11-12-28(22-35(5,32(27)26-34)17-10-20-44-7-2)36(37,38)42-31-14-13-29(40)23-33(3,25-31)15-8-18-39/h9,11-14,19,21-26,40-41H,6-8,10,15-18,20H2,1-5H3/b19-9+. The van der Waals surface area contributed by atoms with Crippen molar-refractivity contribution in [1.82, 2.24) is 0 Å². The van der Waals surface area contributed by atoms with E-state index >= 15 is 8.78 Å². The van der Waals surface area contributed by atoms with Gasteiger partial charge in [-0.3, -0.25) is 0 Å². The number of hydrogen-bond acceptors (Lipinski definition) is 5. The third-order valence-electron chi connectivity index (χ3n) is 8.00. The average Bonchev–Trinajstić information content (AvgIpc) is 3.24. The minimum Gasteiger partial charge on any atom is -0.508 e. The van der Waals surface area contributed by atoms with Crippen LogP contribution in [0.3, 0.4) is 0 Å². The Hall–Kier alpha value is -1.65. The van der Waals surface area contributed by atoms with Gasteiger partial charge in [-0.25, -0.2) is 0 Å². The minimum atomic E-state index is -3.64. The topological polar surface area (TPSA) is 49.7 Å². The molecular formula is C36H47F2IO3S2. The first-order valence-electron chi connectivity index (χ1n) is 15.4. The van der Waals surface area contributed by atoms with Crippen LogP contribution in [0, 0.1) is 16.2 Å². The molecular weight excluding hydrogens is 709 g/mol. The number of alkyl halides is 3. The molecule has 0 aromatic heterocycles. The Kier molecular flexibility index (Phi) is 13.6. The number of allylic oxidation sites excluding steroid dienone is 12. The first kappa shape index (κ1) is 36.8. The van der Waals surface area contributed by atoms with E-state index in [4.69, 9.17) is 4.74 Å². The molecule has 0 spiro atoms. The second kappa shape index (κ2) is 16.3. The van der Waals surface area contributed by atoms with Crippen LogP contribution in [0.5, 0.6) is 0 Å². The summed E-state index contributed by atoms with van der Waals surface area (Å²) >= 11 is 5.85. The van der Waals surface area contributed by atoms with Crippen molar-refractivity contribution in [2.45, 2.75) is 72.8 Å². The lowest BCUT2D eigenvalue weighted by Crippen LogP contribution is -2.26. The van der Waals surface area contributed by atoms with Crippen molar-refractivity contribution in [3.05, 3.63) is 106 Å². The lowest BCUT2D eigenvalue weighted by atomic mass is 9.71. The second-order valence-electron chi connectivity index (χ2n) is 12.3. The lowest BCUT2D eigenvalue weighted by molar-refractivity contribution is -0.177. The quantitative estimate of drug-likeness (QED) is 0.0990. The van der Waals surface area contributed by atoms with Crippen LogP contribution < -0.4 is 0 Å². The Labute approximate surface area is 285 Å². The molecule has 0 heterocycles. The maximum absolute atomic E-state index is 16.2. The van der Waals surface area contributed by atoms with Gasteiger partial charge in [-0.05, 0) is 113 Å². The molecule has 0 aromatic carbocycles. The number of fused-ring (bicyclic) bond motifs is 1. The largest absolute Gasteiger partial charge is 0.508 e. The van der Waals surface area contributed by atoms with Gasteiger partial charge < -0.3 is 14.9 Å². The van der Waals surface area contributed by atoms with Gasteiger partial charge in [0.1, 0.15) is 17.3 Å². The molecule has 242 valence electrons. The van der Waals surface area contributed by atoms with E-state index in [0.717, 1.165) is 45.7 Å². The van der Waals surface area contributed by atoms with Gasteiger partial charge >= 0.3 is 6.11 Å². The van der Waals surface area contributed by atoms with Gasteiger partial charge in [0.25, 0.3) is 0 Å². The van der Waals surface area contributed by atoms with Gasteiger partial charge in [-0.1, -0.05) is 81.5 Å². The van der Waals surface area contributed by atoms with Gasteiger partial charge in [0, 0.05) is 16.2 Å². The van der Waals surface area contributed by atoms with E-state index in [9.17, 15) is 10.2 Å². The molecule has 0 amide bonds. The van der Waals surface area contributed by atoms with Crippen molar-refractivity contribution in [3.63, 3.8) is 0 Å². The molecule has 3 rings (SSSR count). The SMILES string of the molecule is CCS/C=C/CC1(C)C=C(O)C=C2C=CC(C(F)(F)OC3=CC(C)(CCCI)C=C(O)C=C3)=CC(C)(CCCSCC)C2=C1. The molecule has 8 heteroatoms. The second-order valence-corrected chi connectivity index (χ2v) is 15.9. The molecule has 3 nitrogen and oxygen atoms in total. The molecule has 3 atom stereocenters. The van der Waals surface area contributed by atoms with Crippen LogP contribution in [-0.2, 0) is 4.74 Å². The molecule has 3 aliphatic rings. The Morgan fingerprint density at radius 3 is 2.34 bits per heavy atom. The predicted molar refractivity (Wildman–Crippen MR) is 195 cm³/mol. The molecule has 0 saturated carbocycles. The van der Waals surface area contributed by atoms with Crippen LogP contribution in [0.4, 0.5) is 8.78 Å². The molecule has 2 N–H and O–H groups in total. The summed E-state index contributed by atoms with van der Waals surface area (Å²) in [5.74, 6) is 3.08. The molecule has 3 unspecified atom stereocenters. The van der Waals surface area contributed by atoms with Crippen molar-refractivity contribution >= 4 is 46.1 Å². The summed E-state index contributed by atoms with van der Waals surface area (Å²) < 4.78 is 38.8. The molecule has 0 fully saturated rings. The predicted octanol–water partition coefficient (Wildman–Crippen LogP) is 11.7. The first-order valence-corrected chi connectivity index (χ1v) is 19.1. The van der Waals surface area contributed by atoms with E-state index in [1.165, 1.54) is 18.2 Å². The van der Waals surface area contributed by atoms with Crippen LogP contribution >= 0.6 is 46.1 Å². The summed E-state index contributed by atoms with van der Waals surface area (Å²) in [6.07, 6.45) is 18.9. The third kappa shape index (κ3) is 10.4. The van der Waals surface area contributed by atoms with E-state index in [1.54, 1.807) is 42.1 Å². The highest BCUT2D eigenvalue weighted by Gasteiger charge is 2.42. The molecule has 3 aliphatic carbocycles. The summed E-state index contributed by atoms with van der Waals surface area (Å²) in [5.41, 5.74) is -0.446. The number of halogens is 3. The van der Waals surface area contributed by atoms with Gasteiger partial charge in [0.05, 0.1) is 5.57 Å². The van der Waals surface area contributed by atoms with E-state index in [2.05, 4.69) is 60.9 Å². The fourth-order valence-electron chi connectivity index (χ4n) is 5.84. The maximum atomic E-state index is 16.2. The van der Waals surface area contributed by atoms with Gasteiger partial charge in [-0.15, -0.1) is 11.8 Å². The first-order chi connectivity index (χ1) is 20.8.